The van der Waals surface area contributed by atoms with Crippen molar-refractivity contribution in [3.05, 3.63) is 47.0 Å². The predicted octanol–water partition coefficient (Wildman–Crippen LogP) is 3.75. The number of rotatable bonds is 9. The summed E-state index contributed by atoms with van der Waals surface area (Å²) in [6.07, 6.45) is 6.81. The van der Waals surface area contributed by atoms with Crippen LogP contribution >= 0.6 is 11.3 Å². The molecule has 7 heteroatoms. The zero-order valence-corrected chi connectivity index (χ0v) is 17.0. The lowest BCUT2D eigenvalue weighted by atomic mass is 10.1. The Labute approximate surface area is 169 Å². The third-order valence-corrected chi connectivity index (χ3v) is 5.46. The molecule has 3 rings (SSSR count). The number of carbonyl (C=O) groups is 2. The summed E-state index contributed by atoms with van der Waals surface area (Å²) in [7, 11) is 0. The molecular formula is C21H27N3O3S. The van der Waals surface area contributed by atoms with E-state index < -0.39 is 0 Å². The number of benzene rings is 1. The van der Waals surface area contributed by atoms with Crippen molar-refractivity contribution < 1.29 is 14.3 Å². The summed E-state index contributed by atoms with van der Waals surface area (Å²) in [6, 6.07) is 7.72. The van der Waals surface area contributed by atoms with Gasteiger partial charge in [0.2, 0.25) is 5.91 Å². The molecule has 1 aromatic carbocycles. The summed E-state index contributed by atoms with van der Waals surface area (Å²) in [6.45, 7) is 3.28. The lowest BCUT2D eigenvalue weighted by molar-refractivity contribution is -0.117. The average Bonchev–Trinajstić information content (AvgIpc) is 3.40. The highest BCUT2D eigenvalue weighted by molar-refractivity contribution is 7.13. The molecule has 0 spiro atoms. The second-order valence-electron chi connectivity index (χ2n) is 7.01. The van der Waals surface area contributed by atoms with Crippen molar-refractivity contribution in [3.8, 4) is 0 Å². The van der Waals surface area contributed by atoms with Gasteiger partial charge >= 0.3 is 0 Å². The van der Waals surface area contributed by atoms with E-state index >= 15 is 0 Å². The number of nitrogens with one attached hydrogen (secondary N) is 1. The van der Waals surface area contributed by atoms with Crippen LogP contribution in [0.3, 0.4) is 0 Å². The van der Waals surface area contributed by atoms with E-state index in [0.717, 1.165) is 32.1 Å². The van der Waals surface area contributed by atoms with E-state index in [1.807, 2.05) is 24.3 Å². The van der Waals surface area contributed by atoms with Crippen LogP contribution in [0.4, 0.5) is 5.13 Å². The van der Waals surface area contributed by atoms with E-state index in [0.29, 0.717) is 23.8 Å². The van der Waals surface area contributed by atoms with Crippen molar-refractivity contribution in [3.63, 3.8) is 0 Å². The van der Waals surface area contributed by atoms with E-state index in [1.54, 1.807) is 16.5 Å². The SMILES string of the molecule is CCCCc1ccc(C(=O)N(CC(=O)Nc2nccs2)CC2CCCO2)cc1. The monoisotopic (exact) mass is 401 g/mol. The summed E-state index contributed by atoms with van der Waals surface area (Å²) in [5.74, 6) is -0.396. The number of thiazole rings is 1. The molecule has 1 aromatic heterocycles. The number of unbranched alkanes of at least 4 members (excludes halogenated alkanes) is 1. The smallest absolute Gasteiger partial charge is 0.254 e. The Morgan fingerprint density at radius 2 is 2.14 bits per heavy atom. The number of aromatic nitrogens is 1. The average molecular weight is 402 g/mol. The first-order valence-electron chi connectivity index (χ1n) is 9.85. The van der Waals surface area contributed by atoms with Crippen LogP contribution in [0.25, 0.3) is 0 Å². The Balaban J connectivity index is 1.67. The molecule has 2 heterocycles. The molecule has 0 saturated carbocycles. The second-order valence-corrected chi connectivity index (χ2v) is 7.90. The van der Waals surface area contributed by atoms with Crippen molar-refractivity contribution in [1.82, 2.24) is 9.88 Å². The van der Waals surface area contributed by atoms with Gasteiger partial charge in [-0.3, -0.25) is 9.59 Å². The maximum Gasteiger partial charge on any atom is 0.254 e. The molecule has 1 atom stereocenters. The van der Waals surface area contributed by atoms with Gasteiger partial charge in [-0.1, -0.05) is 25.5 Å². The number of nitrogens with zero attached hydrogens (tertiary/aromatic N) is 2. The van der Waals surface area contributed by atoms with Crippen LogP contribution in [0.2, 0.25) is 0 Å². The molecule has 150 valence electrons. The first kappa shape index (κ1) is 20.5. The van der Waals surface area contributed by atoms with Gasteiger partial charge in [0.1, 0.15) is 6.54 Å². The minimum atomic E-state index is -0.249. The minimum Gasteiger partial charge on any atom is -0.376 e. The summed E-state index contributed by atoms with van der Waals surface area (Å²) in [5, 5.41) is 5.08. The van der Waals surface area contributed by atoms with Crippen molar-refractivity contribution >= 4 is 28.3 Å². The normalized spacial score (nSPS) is 16.1. The van der Waals surface area contributed by atoms with E-state index in [9.17, 15) is 9.59 Å². The van der Waals surface area contributed by atoms with Gasteiger partial charge < -0.3 is 15.0 Å². The summed E-state index contributed by atoms with van der Waals surface area (Å²) >= 11 is 1.35. The summed E-state index contributed by atoms with van der Waals surface area (Å²) in [5.41, 5.74) is 1.82. The molecule has 1 aliphatic heterocycles. The lowest BCUT2D eigenvalue weighted by Gasteiger charge is -2.25. The van der Waals surface area contributed by atoms with E-state index in [4.69, 9.17) is 4.74 Å². The van der Waals surface area contributed by atoms with Crippen LogP contribution in [0, 0.1) is 0 Å². The number of hydrogen-bond acceptors (Lipinski definition) is 5. The Morgan fingerprint density at radius 3 is 2.79 bits per heavy atom. The van der Waals surface area contributed by atoms with E-state index in [-0.39, 0.29) is 24.5 Å². The van der Waals surface area contributed by atoms with Crippen molar-refractivity contribution in [2.24, 2.45) is 0 Å². The minimum absolute atomic E-state index is 0.0135. The number of aryl methyl sites for hydroxylation is 1. The maximum atomic E-state index is 13.1. The van der Waals surface area contributed by atoms with Gasteiger partial charge in [-0.2, -0.15) is 0 Å². The van der Waals surface area contributed by atoms with Crippen LogP contribution in [-0.4, -0.2) is 47.5 Å². The van der Waals surface area contributed by atoms with Gasteiger partial charge in [0.05, 0.1) is 6.10 Å². The van der Waals surface area contributed by atoms with Gasteiger partial charge in [-0.25, -0.2) is 4.98 Å². The number of anilines is 1. The van der Waals surface area contributed by atoms with Crippen LogP contribution < -0.4 is 5.32 Å². The number of hydrogen-bond donors (Lipinski definition) is 1. The molecule has 0 aliphatic carbocycles. The van der Waals surface area contributed by atoms with E-state index in [2.05, 4.69) is 17.2 Å². The Hall–Kier alpha value is -2.25. The largest absolute Gasteiger partial charge is 0.376 e. The zero-order chi connectivity index (χ0) is 19.8. The van der Waals surface area contributed by atoms with Gasteiger partial charge in [-0.05, 0) is 43.4 Å². The number of carbonyl (C=O) groups excluding carboxylic acids is 2. The highest BCUT2D eigenvalue weighted by Gasteiger charge is 2.25. The molecule has 1 saturated heterocycles. The third kappa shape index (κ3) is 5.87. The molecule has 0 bridgehead atoms. The van der Waals surface area contributed by atoms with E-state index in [1.165, 1.54) is 16.9 Å². The fourth-order valence-corrected chi connectivity index (χ4v) is 3.79. The fraction of sp³-hybridized carbons (Fsp3) is 0.476. The molecular weight excluding hydrogens is 374 g/mol. The van der Waals surface area contributed by atoms with Gasteiger partial charge in [0.15, 0.2) is 5.13 Å². The molecule has 2 aromatic rings. The highest BCUT2D eigenvalue weighted by atomic mass is 32.1. The highest BCUT2D eigenvalue weighted by Crippen LogP contribution is 2.17. The van der Waals surface area contributed by atoms with Gasteiger partial charge in [0.25, 0.3) is 5.91 Å². The predicted molar refractivity (Wildman–Crippen MR) is 111 cm³/mol. The van der Waals surface area contributed by atoms with Crippen molar-refractivity contribution in [2.45, 2.75) is 45.1 Å². The Kier molecular flexibility index (Phi) is 7.56. The first-order chi connectivity index (χ1) is 13.7. The van der Waals surface area contributed by atoms with Gasteiger partial charge in [0, 0.05) is 30.3 Å². The summed E-state index contributed by atoms with van der Waals surface area (Å²) in [4.78, 5) is 31.1. The molecule has 1 unspecified atom stereocenters. The lowest BCUT2D eigenvalue weighted by Crippen LogP contribution is -2.42. The molecule has 1 aliphatic rings. The van der Waals surface area contributed by atoms with Gasteiger partial charge in [-0.15, -0.1) is 11.3 Å². The fourth-order valence-electron chi connectivity index (χ4n) is 3.25. The van der Waals surface area contributed by atoms with Crippen LogP contribution in [-0.2, 0) is 16.0 Å². The molecule has 1 N–H and O–H groups in total. The standard InChI is InChI=1S/C21H27N3O3S/c1-2-3-5-16-7-9-17(10-8-16)20(26)24(14-18-6-4-12-27-18)15-19(25)23-21-22-11-13-28-21/h7-11,13,18H,2-6,12,14-15H2,1H3,(H,22,23,25). The second kappa shape index (κ2) is 10.3. The zero-order valence-electron chi connectivity index (χ0n) is 16.2. The van der Waals surface area contributed by atoms with Crippen molar-refractivity contribution in [1.29, 1.82) is 0 Å². The molecule has 1 fully saturated rings. The quantitative estimate of drug-likeness (QED) is 0.695. The van der Waals surface area contributed by atoms with Crippen LogP contribution in [0.5, 0.6) is 0 Å². The van der Waals surface area contributed by atoms with Crippen LogP contribution in [0.15, 0.2) is 35.8 Å². The number of amides is 2. The molecule has 0 radical (unpaired) electrons. The topological polar surface area (TPSA) is 71.5 Å². The first-order valence-corrected chi connectivity index (χ1v) is 10.7. The van der Waals surface area contributed by atoms with Crippen LogP contribution in [0.1, 0.15) is 48.5 Å². The molecule has 28 heavy (non-hydrogen) atoms. The summed E-state index contributed by atoms with van der Waals surface area (Å²) < 4.78 is 5.68. The molecule has 2 amide bonds. The Bertz CT molecular complexity index is 756. The van der Waals surface area contributed by atoms with Crippen molar-refractivity contribution in [2.75, 3.05) is 25.0 Å². The maximum absolute atomic E-state index is 13.1. The molecule has 6 nitrogen and oxygen atoms in total. The Morgan fingerprint density at radius 1 is 1.32 bits per heavy atom. The number of ether oxygens (including phenoxy) is 1. The third-order valence-electron chi connectivity index (χ3n) is 4.77.